The van der Waals surface area contributed by atoms with Crippen LogP contribution in [0.5, 0.6) is 5.75 Å². The highest BCUT2D eigenvalue weighted by molar-refractivity contribution is 6.30. The van der Waals surface area contributed by atoms with Crippen molar-refractivity contribution in [1.82, 2.24) is 4.90 Å². The van der Waals surface area contributed by atoms with Crippen molar-refractivity contribution in [2.45, 2.75) is 6.10 Å². The summed E-state index contributed by atoms with van der Waals surface area (Å²) >= 11 is 5.75. The maximum Gasteiger partial charge on any atom is 0.142 e. The topological polar surface area (TPSA) is 41.9 Å². The Morgan fingerprint density at radius 3 is 2.72 bits per heavy atom. The number of hydrogen-bond acceptors (Lipinski definition) is 4. The molecule has 2 aromatic rings. The van der Waals surface area contributed by atoms with Gasteiger partial charge in [-0.1, -0.05) is 35.9 Å². The zero-order valence-electron chi connectivity index (χ0n) is 13.8. The molecule has 4 nitrogen and oxygen atoms in total. The summed E-state index contributed by atoms with van der Waals surface area (Å²) in [5.41, 5.74) is 1.44. The van der Waals surface area contributed by atoms with Crippen LogP contribution in [0.25, 0.3) is 11.1 Å². The fraction of sp³-hybridized carbons (Fsp3) is 0.368. The second-order valence-corrected chi connectivity index (χ2v) is 6.41. The molecule has 0 unspecified atom stereocenters. The van der Waals surface area contributed by atoms with Crippen molar-refractivity contribution in [2.24, 2.45) is 0 Å². The van der Waals surface area contributed by atoms with Gasteiger partial charge >= 0.3 is 0 Å². The highest BCUT2D eigenvalue weighted by Crippen LogP contribution is 2.31. The van der Waals surface area contributed by atoms with E-state index in [0.717, 1.165) is 18.7 Å². The third-order valence-corrected chi connectivity index (χ3v) is 4.43. The number of aliphatic hydroxyl groups excluding tert-OH is 1. The predicted molar refractivity (Wildman–Crippen MR) is 95.6 cm³/mol. The minimum atomic E-state index is -0.604. The molecule has 1 fully saturated rings. The van der Waals surface area contributed by atoms with Gasteiger partial charge in [0.2, 0.25) is 0 Å². The van der Waals surface area contributed by atoms with Gasteiger partial charge in [-0.05, 0) is 23.8 Å². The van der Waals surface area contributed by atoms with Crippen LogP contribution in [0.15, 0.2) is 42.5 Å². The number of hydrogen-bond donors (Lipinski definition) is 1. The first kappa shape index (κ1) is 18.1. The van der Waals surface area contributed by atoms with E-state index in [1.807, 2.05) is 24.3 Å². The van der Waals surface area contributed by atoms with Crippen LogP contribution in [-0.2, 0) is 4.74 Å². The average Bonchev–Trinajstić information content (AvgIpc) is 2.63. The molecule has 1 heterocycles. The number of ether oxygens (including phenoxy) is 2. The van der Waals surface area contributed by atoms with Crippen molar-refractivity contribution < 1.29 is 19.0 Å². The Morgan fingerprint density at radius 2 is 1.96 bits per heavy atom. The van der Waals surface area contributed by atoms with E-state index in [-0.39, 0.29) is 11.6 Å². The molecular formula is C19H21ClFNO3. The zero-order chi connectivity index (χ0) is 17.6. The van der Waals surface area contributed by atoms with Crippen molar-refractivity contribution in [3.05, 3.63) is 53.3 Å². The van der Waals surface area contributed by atoms with Crippen molar-refractivity contribution in [2.75, 3.05) is 39.5 Å². The lowest BCUT2D eigenvalue weighted by molar-refractivity contribution is 0.00471. The number of halogens is 2. The molecule has 0 saturated carbocycles. The number of benzene rings is 2. The SMILES string of the molecule is O[C@@H](COc1ccccc1-c1ccc(Cl)c(F)c1)CN1CCOCC1. The van der Waals surface area contributed by atoms with Crippen LogP contribution >= 0.6 is 11.6 Å². The maximum atomic E-state index is 13.7. The highest BCUT2D eigenvalue weighted by atomic mass is 35.5. The fourth-order valence-electron chi connectivity index (χ4n) is 2.82. The van der Waals surface area contributed by atoms with Gasteiger partial charge in [-0.2, -0.15) is 0 Å². The molecule has 1 N–H and O–H groups in total. The summed E-state index contributed by atoms with van der Waals surface area (Å²) in [6.45, 7) is 3.73. The molecule has 0 bridgehead atoms. The number of nitrogens with zero attached hydrogens (tertiary/aromatic N) is 1. The lowest BCUT2D eigenvalue weighted by Crippen LogP contribution is -2.42. The third-order valence-electron chi connectivity index (χ3n) is 4.12. The molecule has 0 aliphatic carbocycles. The molecule has 0 aromatic heterocycles. The predicted octanol–water partition coefficient (Wildman–Crippen LogP) is 3.22. The minimum absolute atomic E-state index is 0.0862. The van der Waals surface area contributed by atoms with Gasteiger partial charge in [-0.15, -0.1) is 0 Å². The Morgan fingerprint density at radius 1 is 1.20 bits per heavy atom. The highest BCUT2D eigenvalue weighted by Gasteiger charge is 2.16. The first-order valence-corrected chi connectivity index (χ1v) is 8.66. The first-order valence-electron chi connectivity index (χ1n) is 8.29. The molecule has 1 atom stereocenters. The molecule has 6 heteroatoms. The molecule has 1 aliphatic rings. The number of morpholine rings is 1. The van der Waals surface area contributed by atoms with E-state index in [0.29, 0.717) is 31.1 Å². The van der Waals surface area contributed by atoms with E-state index >= 15 is 0 Å². The average molecular weight is 366 g/mol. The van der Waals surface area contributed by atoms with E-state index in [1.54, 1.807) is 6.07 Å². The van der Waals surface area contributed by atoms with Gasteiger partial charge in [0, 0.05) is 25.2 Å². The van der Waals surface area contributed by atoms with Crippen LogP contribution in [0.4, 0.5) is 4.39 Å². The Hall–Kier alpha value is -1.66. The first-order chi connectivity index (χ1) is 12.1. The van der Waals surface area contributed by atoms with Crippen molar-refractivity contribution >= 4 is 11.6 Å². The Balaban J connectivity index is 1.65. The molecular weight excluding hydrogens is 345 g/mol. The van der Waals surface area contributed by atoms with Gasteiger partial charge in [0.1, 0.15) is 24.3 Å². The van der Waals surface area contributed by atoms with Gasteiger partial charge in [0.15, 0.2) is 0 Å². The van der Waals surface area contributed by atoms with Crippen LogP contribution in [0.1, 0.15) is 0 Å². The summed E-state index contributed by atoms with van der Waals surface area (Å²) in [6, 6.07) is 12.0. The van der Waals surface area contributed by atoms with E-state index in [9.17, 15) is 9.50 Å². The molecule has 0 spiro atoms. The molecule has 25 heavy (non-hydrogen) atoms. The maximum absolute atomic E-state index is 13.7. The lowest BCUT2D eigenvalue weighted by atomic mass is 10.0. The van der Waals surface area contributed by atoms with Crippen LogP contribution < -0.4 is 4.74 Å². The molecule has 3 rings (SSSR count). The van der Waals surface area contributed by atoms with Crippen LogP contribution in [0.3, 0.4) is 0 Å². The summed E-state index contributed by atoms with van der Waals surface area (Å²) in [6.07, 6.45) is -0.604. The molecule has 134 valence electrons. The summed E-state index contributed by atoms with van der Waals surface area (Å²) in [5, 5.41) is 10.3. The normalized spacial score (nSPS) is 16.6. The van der Waals surface area contributed by atoms with Gasteiger partial charge < -0.3 is 14.6 Å². The van der Waals surface area contributed by atoms with Crippen LogP contribution in [0.2, 0.25) is 5.02 Å². The van der Waals surface area contributed by atoms with E-state index < -0.39 is 11.9 Å². The number of para-hydroxylation sites is 1. The van der Waals surface area contributed by atoms with Crippen molar-refractivity contribution in [3.8, 4) is 16.9 Å². The third kappa shape index (κ3) is 4.92. The molecule has 0 amide bonds. The van der Waals surface area contributed by atoms with Crippen LogP contribution in [0, 0.1) is 5.82 Å². The summed E-state index contributed by atoms with van der Waals surface area (Å²) < 4.78 is 24.8. The Kier molecular flexibility index (Phi) is 6.26. The monoisotopic (exact) mass is 365 g/mol. The summed E-state index contributed by atoms with van der Waals surface area (Å²) in [4.78, 5) is 2.15. The van der Waals surface area contributed by atoms with Gasteiger partial charge in [0.05, 0.1) is 18.2 Å². The van der Waals surface area contributed by atoms with Gasteiger partial charge in [-0.3, -0.25) is 4.90 Å². The van der Waals surface area contributed by atoms with E-state index in [1.165, 1.54) is 12.1 Å². The molecule has 0 radical (unpaired) electrons. The fourth-order valence-corrected chi connectivity index (χ4v) is 2.93. The largest absolute Gasteiger partial charge is 0.490 e. The number of β-amino-alcohol motifs (C(OH)–C–C–N with tert-alkyl or cyclic N) is 1. The minimum Gasteiger partial charge on any atom is -0.490 e. The quantitative estimate of drug-likeness (QED) is 0.853. The van der Waals surface area contributed by atoms with E-state index in [2.05, 4.69) is 4.90 Å². The van der Waals surface area contributed by atoms with Crippen molar-refractivity contribution in [1.29, 1.82) is 0 Å². The second kappa shape index (κ2) is 8.63. The summed E-state index contributed by atoms with van der Waals surface area (Å²) in [5.74, 6) is 0.131. The Labute approximate surface area is 151 Å². The molecule has 2 aromatic carbocycles. The standard InChI is InChI=1S/C19H21ClFNO3/c20-17-6-5-14(11-18(17)21)16-3-1-2-4-19(16)25-13-15(23)12-22-7-9-24-10-8-22/h1-6,11,15,23H,7-10,12-13H2/t15-/m1/s1. The molecule has 1 saturated heterocycles. The molecule has 1 aliphatic heterocycles. The summed E-state index contributed by atoms with van der Waals surface area (Å²) in [7, 11) is 0. The van der Waals surface area contributed by atoms with E-state index in [4.69, 9.17) is 21.1 Å². The smallest absolute Gasteiger partial charge is 0.142 e. The number of aliphatic hydroxyl groups is 1. The van der Waals surface area contributed by atoms with Gasteiger partial charge in [-0.25, -0.2) is 4.39 Å². The number of rotatable bonds is 6. The lowest BCUT2D eigenvalue weighted by Gasteiger charge is -2.28. The second-order valence-electron chi connectivity index (χ2n) is 6.00. The van der Waals surface area contributed by atoms with Crippen LogP contribution in [-0.4, -0.2) is 55.6 Å². The zero-order valence-corrected chi connectivity index (χ0v) is 14.6. The van der Waals surface area contributed by atoms with Crippen molar-refractivity contribution in [3.63, 3.8) is 0 Å². The van der Waals surface area contributed by atoms with Gasteiger partial charge in [0.25, 0.3) is 0 Å². The Bertz CT molecular complexity index is 707.